The largest absolute Gasteiger partial charge is 0.368 e. The fourth-order valence-electron chi connectivity index (χ4n) is 2.42. The van der Waals surface area contributed by atoms with E-state index in [0.717, 1.165) is 5.82 Å². The first-order valence-electron chi connectivity index (χ1n) is 7.21. The van der Waals surface area contributed by atoms with E-state index in [1.54, 1.807) is 18.5 Å². The van der Waals surface area contributed by atoms with E-state index in [1.165, 1.54) is 6.20 Å². The standard InChI is InChI=1S/C14H17ClN6O2/c1-20-9-17-19-14(20)11-7-21(4-5-23-11)8-13(22)18-12-3-2-10(15)6-16-12/h2-3,6,9,11H,4-5,7-8H2,1H3,(H,16,18,22)/t11-/m0/s1. The van der Waals surface area contributed by atoms with Crippen molar-refractivity contribution in [3.63, 3.8) is 0 Å². The average molecular weight is 337 g/mol. The maximum absolute atomic E-state index is 12.1. The molecule has 1 aliphatic rings. The molecule has 8 nitrogen and oxygen atoms in total. The number of aromatic nitrogens is 4. The molecule has 3 rings (SSSR count). The number of pyridine rings is 1. The van der Waals surface area contributed by atoms with E-state index in [9.17, 15) is 4.79 Å². The van der Waals surface area contributed by atoms with Crippen LogP contribution in [0.2, 0.25) is 5.02 Å². The predicted octanol–water partition coefficient (Wildman–Crippen LogP) is 0.875. The number of amides is 1. The number of carbonyl (C=O) groups is 1. The molecule has 1 atom stereocenters. The molecule has 2 aromatic heterocycles. The van der Waals surface area contributed by atoms with Crippen LogP contribution in [0.4, 0.5) is 5.82 Å². The number of nitrogens with one attached hydrogen (secondary N) is 1. The van der Waals surface area contributed by atoms with Gasteiger partial charge < -0.3 is 14.6 Å². The van der Waals surface area contributed by atoms with Crippen LogP contribution in [0.25, 0.3) is 0 Å². The van der Waals surface area contributed by atoms with E-state index in [0.29, 0.717) is 30.5 Å². The Morgan fingerprint density at radius 1 is 1.52 bits per heavy atom. The summed E-state index contributed by atoms with van der Waals surface area (Å²) in [7, 11) is 1.87. The molecular weight excluding hydrogens is 320 g/mol. The highest BCUT2D eigenvalue weighted by Gasteiger charge is 2.26. The van der Waals surface area contributed by atoms with Crippen molar-refractivity contribution in [2.24, 2.45) is 7.05 Å². The van der Waals surface area contributed by atoms with Gasteiger partial charge >= 0.3 is 0 Å². The second-order valence-corrected chi connectivity index (χ2v) is 5.74. The summed E-state index contributed by atoms with van der Waals surface area (Å²) in [5.41, 5.74) is 0. The Balaban J connectivity index is 1.56. The maximum Gasteiger partial charge on any atom is 0.239 e. The number of nitrogens with zero attached hydrogens (tertiary/aromatic N) is 5. The molecule has 1 aliphatic heterocycles. The summed E-state index contributed by atoms with van der Waals surface area (Å²) in [6, 6.07) is 3.35. The minimum atomic E-state index is -0.183. The minimum absolute atomic E-state index is 0.126. The Hall–Kier alpha value is -2.03. The molecule has 3 heterocycles. The highest BCUT2D eigenvalue weighted by atomic mass is 35.5. The Bertz CT molecular complexity index is 674. The zero-order chi connectivity index (χ0) is 16.2. The van der Waals surface area contributed by atoms with Crippen LogP contribution in [0.5, 0.6) is 0 Å². The zero-order valence-electron chi connectivity index (χ0n) is 12.6. The molecule has 0 unspecified atom stereocenters. The Labute approximate surface area is 138 Å². The van der Waals surface area contributed by atoms with Gasteiger partial charge in [-0.25, -0.2) is 4.98 Å². The molecule has 1 fully saturated rings. The summed E-state index contributed by atoms with van der Waals surface area (Å²) in [5.74, 6) is 1.12. The lowest BCUT2D eigenvalue weighted by atomic mass is 10.2. The van der Waals surface area contributed by atoms with Gasteiger partial charge in [0.15, 0.2) is 5.82 Å². The summed E-state index contributed by atoms with van der Waals surface area (Å²) in [6.07, 6.45) is 2.95. The first-order chi connectivity index (χ1) is 11.1. The monoisotopic (exact) mass is 336 g/mol. The van der Waals surface area contributed by atoms with E-state index in [1.807, 2.05) is 16.5 Å². The molecule has 9 heteroatoms. The Morgan fingerprint density at radius 3 is 3.09 bits per heavy atom. The van der Waals surface area contributed by atoms with Crippen LogP contribution in [-0.2, 0) is 16.6 Å². The lowest BCUT2D eigenvalue weighted by molar-refractivity contribution is -0.119. The van der Waals surface area contributed by atoms with E-state index in [-0.39, 0.29) is 18.6 Å². The van der Waals surface area contributed by atoms with E-state index < -0.39 is 0 Å². The number of morpholine rings is 1. The predicted molar refractivity (Wildman–Crippen MR) is 84.0 cm³/mol. The minimum Gasteiger partial charge on any atom is -0.368 e. The number of rotatable bonds is 4. The molecule has 1 N–H and O–H groups in total. The summed E-state index contributed by atoms with van der Waals surface area (Å²) in [4.78, 5) is 18.2. The fourth-order valence-corrected chi connectivity index (χ4v) is 2.53. The van der Waals surface area contributed by atoms with Crippen molar-refractivity contribution in [1.29, 1.82) is 0 Å². The number of anilines is 1. The van der Waals surface area contributed by atoms with Crippen LogP contribution >= 0.6 is 11.6 Å². The highest BCUT2D eigenvalue weighted by Crippen LogP contribution is 2.19. The number of hydrogen-bond acceptors (Lipinski definition) is 6. The molecule has 23 heavy (non-hydrogen) atoms. The van der Waals surface area contributed by atoms with Gasteiger partial charge in [0, 0.05) is 26.3 Å². The molecule has 0 saturated carbocycles. The van der Waals surface area contributed by atoms with Crippen LogP contribution in [-0.4, -0.2) is 56.8 Å². The third-order valence-corrected chi connectivity index (χ3v) is 3.77. The SMILES string of the molecule is Cn1cnnc1[C@@H]1CN(CC(=O)Nc2ccc(Cl)cn2)CCO1. The Kier molecular flexibility index (Phi) is 4.85. The number of aryl methyl sites for hydroxylation is 1. The van der Waals surface area contributed by atoms with Crippen molar-refractivity contribution >= 4 is 23.3 Å². The third kappa shape index (κ3) is 4.04. The number of carbonyl (C=O) groups excluding carboxylic acids is 1. The van der Waals surface area contributed by atoms with Gasteiger partial charge in [-0.3, -0.25) is 9.69 Å². The lowest BCUT2D eigenvalue weighted by Crippen LogP contribution is -2.43. The van der Waals surface area contributed by atoms with Crippen molar-refractivity contribution < 1.29 is 9.53 Å². The fraction of sp³-hybridized carbons (Fsp3) is 0.429. The molecule has 1 saturated heterocycles. The van der Waals surface area contributed by atoms with Crippen molar-refractivity contribution in [3.05, 3.63) is 35.5 Å². The molecule has 0 aliphatic carbocycles. The van der Waals surface area contributed by atoms with Gasteiger partial charge in [0.1, 0.15) is 18.2 Å². The van der Waals surface area contributed by atoms with Crippen LogP contribution in [0.1, 0.15) is 11.9 Å². The first-order valence-corrected chi connectivity index (χ1v) is 7.59. The summed E-state index contributed by atoms with van der Waals surface area (Å²) in [6.45, 7) is 2.09. The number of ether oxygens (including phenoxy) is 1. The zero-order valence-corrected chi connectivity index (χ0v) is 13.4. The van der Waals surface area contributed by atoms with Crippen molar-refractivity contribution in [2.45, 2.75) is 6.10 Å². The van der Waals surface area contributed by atoms with Crippen LogP contribution < -0.4 is 5.32 Å². The second kappa shape index (κ2) is 7.03. The van der Waals surface area contributed by atoms with Crippen LogP contribution in [0, 0.1) is 0 Å². The molecule has 122 valence electrons. The van der Waals surface area contributed by atoms with Gasteiger partial charge in [-0.1, -0.05) is 11.6 Å². The molecular formula is C14H17ClN6O2. The van der Waals surface area contributed by atoms with Gasteiger partial charge in [-0.2, -0.15) is 0 Å². The number of halogens is 1. The second-order valence-electron chi connectivity index (χ2n) is 5.30. The van der Waals surface area contributed by atoms with Gasteiger partial charge in [0.2, 0.25) is 5.91 Å². The average Bonchev–Trinajstić information content (AvgIpc) is 2.96. The van der Waals surface area contributed by atoms with Crippen molar-refractivity contribution in [2.75, 3.05) is 31.6 Å². The van der Waals surface area contributed by atoms with Crippen LogP contribution in [0.3, 0.4) is 0 Å². The van der Waals surface area contributed by atoms with Gasteiger partial charge in [0.05, 0.1) is 18.2 Å². The molecule has 0 radical (unpaired) electrons. The van der Waals surface area contributed by atoms with Gasteiger partial charge in [-0.05, 0) is 12.1 Å². The van der Waals surface area contributed by atoms with Crippen molar-refractivity contribution in [3.8, 4) is 0 Å². The molecule has 1 amide bonds. The van der Waals surface area contributed by atoms with E-state index >= 15 is 0 Å². The van der Waals surface area contributed by atoms with E-state index in [2.05, 4.69) is 20.5 Å². The Morgan fingerprint density at radius 2 is 2.39 bits per heavy atom. The smallest absolute Gasteiger partial charge is 0.239 e. The molecule has 2 aromatic rings. The maximum atomic E-state index is 12.1. The van der Waals surface area contributed by atoms with Crippen LogP contribution in [0.15, 0.2) is 24.7 Å². The number of hydrogen-bond donors (Lipinski definition) is 1. The summed E-state index contributed by atoms with van der Waals surface area (Å²) in [5, 5.41) is 11.2. The van der Waals surface area contributed by atoms with Gasteiger partial charge in [-0.15, -0.1) is 10.2 Å². The third-order valence-electron chi connectivity index (χ3n) is 3.55. The van der Waals surface area contributed by atoms with Crippen molar-refractivity contribution in [1.82, 2.24) is 24.6 Å². The first kappa shape index (κ1) is 15.9. The highest BCUT2D eigenvalue weighted by molar-refractivity contribution is 6.30. The molecule has 0 bridgehead atoms. The summed E-state index contributed by atoms with van der Waals surface area (Å²) < 4.78 is 7.55. The quantitative estimate of drug-likeness (QED) is 0.892. The normalized spacial score (nSPS) is 18.8. The topological polar surface area (TPSA) is 85.2 Å². The molecule has 0 aromatic carbocycles. The van der Waals surface area contributed by atoms with E-state index in [4.69, 9.17) is 16.3 Å². The lowest BCUT2D eigenvalue weighted by Gasteiger charge is -2.31. The summed E-state index contributed by atoms with van der Waals surface area (Å²) >= 11 is 5.77. The van der Waals surface area contributed by atoms with Gasteiger partial charge in [0.25, 0.3) is 0 Å². The molecule has 0 spiro atoms.